The van der Waals surface area contributed by atoms with Crippen LogP contribution in [0, 0.1) is 0 Å². The average Bonchev–Trinajstić information content (AvgIpc) is 3.70. The second kappa shape index (κ2) is 10.8. The molecule has 3 aromatic heterocycles. The molecule has 43 heavy (non-hydrogen) atoms. The number of amides is 2. The molecule has 1 aromatic carbocycles. The number of nitrogens with zero attached hydrogens (tertiary/aromatic N) is 6. The highest BCUT2D eigenvalue weighted by atomic mass is 35.5. The lowest BCUT2D eigenvalue weighted by molar-refractivity contribution is -0.140. The Morgan fingerprint density at radius 1 is 1.14 bits per heavy atom. The molecule has 2 fully saturated rings. The molecular formula is C27H27ClF3N9O3. The molecule has 5 heterocycles. The number of hydrogen-bond acceptors (Lipinski definition) is 8. The molecule has 226 valence electrons. The van der Waals surface area contributed by atoms with E-state index >= 15 is 0 Å². The first-order valence-electron chi connectivity index (χ1n) is 13.4. The topological polar surface area (TPSA) is 144 Å². The van der Waals surface area contributed by atoms with Gasteiger partial charge in [0.25, 0.3) is 5.91 Å². The van der Waals surface area contributed by atoms with E-state index < -0.39 is 23.5 Å². The van der Waals surface area contributed by atoms with Crippen molar-refractivity contribution in [2.75, 3.05) is 38.0 Å². The highest BCUT2D eigenvalue weighted by Gasteiger charge is 2.39. The largest absolute Gasteiger partial charge is 0.433 e. The molecule has 16 heteroatoms. The van der Waals surface area contributed by atoms with Crippen LogP contribution in [0.15, 0.2) is 43.0 Å². The molecule has 4 N–H and O–H groups in total. The van der Waals surface area contributed by atoms with Gasteiger partial charge in [-0.15, -0.1) is 0 Å². The van der Waals surface area contributed by atoms with Gasteiger partial charge in [0.05, 0.1) is 45.9 Å². The van der Waals surface area contributed by atoms with E-state index in [-0.39, 0.29) is 45.1 Å². The maximum atomic E-state index is 13.4. The molecule has 2 amide bonds. The van der Waals surface area contributed by atoms with Crippen LogP contribution >= 0.6 is 11.6 Å². The average molecular weight is 618 g/mol. The number of carbonyl (C=O) groups is 2. The highest BCUT2D eigenvalue weighted by molar-refractivity contribution is 6.34. The van der Waals surface area contributed by atoms with Crippen molar-refractivity contribution in [2.45, 2.75) is 31.2 Å². The van der Waals surface area contributed by atoms with Crippen molar-refractivity contribution in [1.29, 1.82) is 0 Å². The van der Waals surface area contributed by atoms with Crippen molar-refractivity contribution >= 4 is 40.6 Å². The summed E-state index contributed by atoms with van der Waals surface area (Å²) in [7, 11) is 0. The SMILES string of the molecule is C[C@@]1(O)CN[C@H](C(=O)N2CCN(C(=O)c3ccc(Nc4nccn5c(-c6cn[nH]c6C(F)(F)F)cnc45)cc3Cl)CC2)C1. The summed E-state index contributed by atoms with van der Waals surface area (Å²) in [5.74, 6) is -0.0959. The lowest BCUT2D eigenvalue weighted by atomic mass is 10.0. The number of halogens is 4. The lowest BCUT2D eigenvalue weighted by Gasteiger charge is -2.36. The minimum absolute atomic E-state index is 0.0860. The predicted molar refractivity (Wildman–Crippen MR) is 150 cm³/mol. The monoisotopic (exact) mass is 617 g/mol. The molecule has 12 nitrogen and oxygen atoms in total. The number of hydrogen-bond donors (Lipinski definition) is 4. The Labute approximate surface area is 247 Å². The molecule has 0 bridgehead atoms. The summed E-state index contributed by atoms with van der Waals surface area (Å²) >= 11 is 6.51. The fourth-order valence-electron chi connectivity index (χ4n) is 5.43. The van der Waals surface area contributed by atoms with Gasteiger partial charge in [-0.1, -0.05) is 11.6 Å². The van der Waals surface area contributed by atoms with Crippen LogP contribution < -0.4 is 10.6 Å². The number of H-pyrrole nitrogens is 1. The number of benzene rings is 1. The van der Waals surface area contributed by atoms with Gasteiger partial charge in [0.2, 0.25) is 5.91 Å². The Balaban J connectivity index is 1.14. The number of rotatable bonds is 5. The maximum Gasteiger partial charge on any atom is 0.433 e. The van der Waals surface area contributed by atoms with Crippen molar-refractivity contribution in [3.05, 3.63) is 59.3 Å². The van der Waals surface area contributed by atoms with E-state index in [2.05, 4.69) is 25.7 Å². The molecule has 0 spiro atoms. The van der Waals surface area contributed by atoms with Gasteiger partial charge in [-0.05, 0) is 25.1 Å². The van der Waals surface area contributed by atoms with Gasteiger partial charge < -0.3 is 25.5 Å². The molecular weight excluding hydrogens is 591 g/mol. The third kappa shape index (κ3) is 5.62. The smallest absolute Gasteiger partial charge is 0.389 e. The maximum absolute atomic E-state index is 13.4. The van der Waals surface area contributed by atoms with E-state index in [0.29, 0.717) is 44.8 Å². The Morgan fingerprint density at radius 2 is 1.88 bits per heavy atom. The number of nitrogens with one attached hydrogen (secondary N) is 3. The van der Waals surface area contributed by atoms with Crippen molar-refractivity contribution < 1.29 is 27.9 Å². The third-order valence-electron chi connectivity index (χ3n) is 7.64. The van der Waals surface area contributed by atoms with Crippen molar-refractivity contribution in [3.63, 3.8) is 0 Å². The number of aromatic amines is 1. The molecule has 2 aliphatic heterocycles. The van der Waals surface area contributed by atoms with Crippen molar-refractivity contribution in [1.82, 2.24) is 39.7 Å². The molecule has 6 rings (SSSR count). The molecule has 0 unspecified atom stereocenters. The van der Waals surface area contributed by atoms with E-state index in [9.17, 15) is 27.9 Å². The van der Waals surface area contributed by atoms with Crippen LogP contribution in [-0.4, -0.2) is 95.7 Å². The van der Waals surface area contributed by atoms with Gasteiger partial charge in [-0.25, -0.2) is 9.97 Å². The third-order valence-corrected chi connectivity index (χ3v) is 7.95. The highest BCUT2D eigenvalue weighted by Crippen LogP contribution is 2.36. The van der Waals surface area contributed by atoms with Crippen molar-refractivity contribution in [2.24, 2.45) is 0 Å². The summed E-state index contributed by atoms with van der Waals surface area (Å²) in [6.07, 6.45) is 1.02. The minimum atomic E-state index is -4.62. The molecule has 2 saturated heterocycles. The fraction of sp³-hybridized carbons (Fsp3) is 0.370. The molecule has 0 aliphatic carbocycles. The van der Waals surface area contributed by atoms with Gasteiger partial charge in [0.1, 0.15) is 5.69 Å². The Hall–Kier alpha value is -4.21. The van der Waals surface area contributed by atoms with E-state index in [0.717, 1.165) is 6.20 Å². The summed E-state index contributed by atoms with van der Waals surface area (Å²) in [6, 6.07) is 4.33. The first-order valence-corrected chi connectivity index (χ1v) is 13.8. The van der Waals surface area contributed by atoms with Crippen LogP contribution in [-0.2, 0) is 11.0 Å². The van der Waals surface area contributed by atoms with Gasteiger partial charge in [-0.2, -0.15) is 18.3 Å². The Bertz CT molecular complexity index is 1700. The zero-order chi connectivity index (χ0) is 30.5. The van der Waals surface area contributed by atoms with Crippen LogP contribution in [0.5, 0.6) is 0 Å². The zero-order valence-electron chi connectivity index (χ0n) is 22.8. The lowest BCUT2D eigenvalue weighted by Crippen LogP contribution is -2.54. The number of alkyl halides is 3. The predicted octanol–water partition coefficient (Wildman–Crippen LogP) is 2.93. The van der Waals surface area contributed by atoms with E-state index in [1.165, 1.54) is 23.0 Å². The second-order valence-electron chi connectivity index (χ2n) is 10.8. The van der Waals surface area contributed by atoms with E-state index in [1.54, 1.807) is 34.9 Å². The Kier molecular flexibility index (Phi) is 7.26. The number of piperazine rings is 1. The molecule has 2 atom stereocenters. The number of aliphatic hydroxyl groups is 1. The second-order valence-corrected chi connectivity index (χ2v) is 11.2. The van der Waals surface area contributed by atoms with E-state index in [1.807, 2.05) is 5.10 Å². The first-order chi connectivity index (χ1) is 20.4. The summed E-state index contributed by atoms with van der Waals surface area (Å²) in [6.45, 7) is 3.46. The summed E-state index contributed by atoms with van der Waals surface area (Å²) in [5, 5.41) is 22.0. The van der Waals surface area contributed by atoms with Gasteiger partial charge in [-0.3, -0.25) is 19.1 Å². The minimum Gasteiger partial charge on any atom is -0.389 e. The summed E-state index contributed by atoms with van der Waals surface area (Å²) in [4.78, 5) is 38.0. The van der Waals surface area contributed by atoms with Crippen LogP contribution in [0.2, 0.25) is 5.02 Å². The molecule has 0 radical (unpaired) electrons. The number of carbonyl (C=O) groups excluding carboxylic acids is 2. The van der Waals surface area contributed by atoms with Crippen LogP contribution in [0.4, 0.5) is 24.7 Å². The van der Waals surface area contributed by atoms with Crippen LogP contribution in [0.25, 0.3) is 16.9 Å². The van der Waals surface area contributed by atoms with Crippen molar-refractivity contribution in [3.8, 4) is 11.3 Å². The summed E-state index contributed by atoms with van der Waals surface area (Å²) in [5.41, 5.74) is -0.838. The number of β-amino-alcohol motifs (C(OH)–C–C–N with tert-alkyl or cyclic N) is 1. The van der Waals surface area contributed by atoms with Crippen LogP contribution in [0.1, 0.15) is 29.4 Å². The fourth-order valence-corrected chi connectivity index (χ4v) is 5.69. The number of aromatic nitrogens is 5. The molecule has 2 aliphatic rings. The standard InChI is InChI=1S/C27H27ClF3N9O3/c1-26(43)11-19(34-14-26)25(42)39-8-6-38(7-9-39)24(41)16-3-2-15(10-18(16)28)36-22-23-33-13-20(40(23)5-4-32-22)17-12-35-37-21(17)27(29,30)31/h2-5,10,12-13,19,34,43H,6-9,11,14H2,1H3,(H,32,36)(H,35,37)/t19-,26-/m0/s1. The zero-order valence-corrected chi connectivity index (χ0v) is 23.6. The normalized spacial score (nSPS) is 21.0. The van der Waals surface area contributed by atoms with Gasteiger partial charge >= 0.3 is 6.18 Å². The van der Waals surface area contributed by atoms with Crippen LogP contribution in [0.3, 0.4) is 0 Å². The number of fused-ring (bicyclic) bond motifs is 1. The molecule has 4 aromatic rings. The van der Waals surface area contributed by atoms with Gasteiger partial charge in [0.15, 0.2) is 11.5 Å². The van der Waals surface area contributed by atoms with E-state index in [4.69, 9.17) is 11.6 Å². The number of anilines is 2. The summed E-state index contributed by atoms with van der Waals surface area (Å²) < 4.78 is 41.7. The van der Waals surface area contributed by atoms with Gasteiger partial charge in [0, 0.05) is 57.2 Å². The Morgan fingerprint density at radius 3 is 2.56 bits per heavy atom. The molecule has 0 saturated carbocycles. The number of imidazole rings is 1. The first kappa shape index (κ1) is 28.9. The quantitative estimate of drug-likeness (QED) is 0.268.